The van der Waals surface area contributed by atoms with Crippen molar-refractivity contribution in [2.75, 3.05) is 26.0 Å². The largest absolute Gasteiger partial charge is 0.489 e. The fraction of sp³-hybridized carbons (Fsp3) is 0.312. The van der Waals surface area contributed by atoms with Gasteiger partial charge in [0.05, 0.1) is 24.2 Å². The molecule has 4 rings (SSSR count). The summed E-state index contributed by atoms with van der Waals surface area (Å²) in [6.45, 7) is 8.14. The van der Waals surface area contributed by atoms with Crippen LogP contribution in [-0.2, 0) is 19.1 Å². The number of dihydropyridines is 1. The van der Waals surface area contributed by atoms with E-state index in [1.165, 1.54) is 7.11 Å². The fourth-order valence-electron chi connectivity index (χ4n) is 4.94. The average Bonchev–Trinajstić information content (AvgIpc) is 2.93. The number of ether oxygens (including phenoxy) is 3. The van der Waals surface area contributed by atoms with Crippen LogP contribution in [-0.4, -0.2) is 44.3 Å². The molecule has 0 amide bonds. The van der Waals surface area contributed by atoms with Gasteiger partial charge in [-0.05, 0) is 43.0 Å². The minimum Gasteiger partial charge on any atom is -0.489 e. The van der Waals surface area contributed by atoms with E-state index in [-0.39, 0.29) is 12.6 Å². The molecule has 0 saturated heterocycles. The maximum atomic E-state index is 13.9. The van der Waals surface area contributed by atoms with Crippen LogP contribution in [0.1, 0.15) is 39.2 Å². The first-order valence-electron chi connectivity index (χ1n) is 13.4. The Morgan fingerprint density at radius 2 is 1.62 bits per heavy atom. The first kappa shape index (κ1) is 28.7. The molecular formula is C32H37N3O5. The van der Waals surface area contributed by atoms with Gasteiger partial charge < -0.3 is 30.6 Å². The van der Waals surface area contributed by atoms with Gasteiger partial charge in [0.25, 0.3) is 0 Å². The minimum atomic E-state index is -0.720. The molecule has 0 bridgehead atoms. The molecule has 40 heavy (non-hydrogen) atoms. The highest BCUT2D eigenvalue weighted by Gasteiger charge is 2.38. The quantitative estimate of drug-likeness (QED) is 0.247. The van der Waals surface area contributed by atoms with Gasteiger partial charge in [0.1, 0.15) is 18.5 Å². The zero-order chi connectivity index (χ0) is 28.8. The van der Waals surface area contributed by atoms with E-state index in [1.807, 2.05) is 62.4 Å². The van der Waals surface area contributed by atoms with E-state index in [9.17, 15) is 9.59 Å². The maximum Gasteiger partial charge on any atom is 0.337 e. The number of esters is 2. The highest BCUT2D eigenvalue weighted by molar-refractivity contribution is 6.00. The number of carbonyl (C=O) groups is 2. The summed E-state index contributed by atoms with van der Waals surface area (Å²) in [5, 5.41) is 8.55. The van der Waals surface area contributed by atoms with Crippen molar-refractivity contribution in [1.29, 1.82) is 0 Å². The van der Waals surface area contributed by atoms with Crippen molar-refractivity contribution in [2.45, 2.75) is 45.8 Å². The Morgan fingerprint density at radius 3 is 2.33 bits per heavy atom. The molecule has 1 aliphatic heterocycles. The van der Waals surface area contributed by atoms with Crippen molar-refractivity contribution < 1.29 is 23.8 Å². The van der Waals surface area contributed by atoms with Gasteiger partial charge in [-0.25, -0.2) is 9.59 Å². The number of nitrogens with one attached hydrogen (secondary N) is 2. The number of methoxy groups -OCH3 is 1. The van der Waals surface area contributed by atoms with Crippen molar-refractivity contribution in [3.63, 3.8) is 0 Å². The Bertz CT molecular complexity index is 1450. The van der Waals surface area contributed by atoms with E-state index in [0.29, 0.717) is 46.1 Å². The average molecular weight is 544 g/mol. The molecule has 2 atom stereocenters. The number of rotatable bonds is 10. The zero-order valence-electron chi connectivity index (χ0n) is 23.6. The molecule has 210 valence electrons. The van der Waals surface area contributed by atoms with Crippen molar-refractivity contribution in [2.24, 2.45) is 0 Å². The first-order valence-corrected chi connectivity index (χ1v) is 13.4. The zero-order valence-corrected chi connectivity index (χ0v) is 23.6. The number of hydrogen-bond acceptors (Lipinski definition) is 8. The molecule has 3 aromatic rings. The summed E-state index contributed by atoms with van der Waals surface area (Å²) in [5.41, 5.74) is 9.14. The molecule has 0 aromatic heterocycles. The molecule has 1 heterocycles. The van der Waals surface area contributed by atoms with Crippen LogP contribution in [0.25, 0.3) is 10.8 Å². The molecule has 0 saturated carbocycles. The number of hydrogen-bond donors (Lipinski definition) is 3. The summed E-state index contributed by atoms with van der Waals surface area (Å²) < 4.78 is 17.4. The van der Waals surface area contributed by atoms with Gasteiger partial charge in [0.15, 0.2) is 0 Å². The van der Waals surface area contributed by atoms with E-state index >= 15 is 0 Å². The second kappa shape index (κ2) is 12.7. The molecule has 0 spiro atoms. The lowest BCUT2D eigenvalue weighted by molar-refractivity contribution is -0.146. The van der Waals surface area contributed by atoms with Crippen molar-refractivity contribution >= 4 is 28.4 Å². The Hall–Kier alpha value is -4.30. The lowest BCUT2D eigenvalue weighted by Crippen LogP contribution is -2.40. The summed E-state index contributed by atoms with van der Waals surface area (Å²) in [6.07, 6.45) is -0.607. The van der Waals surface area contributed by atoms with Crippen LogP contribution in [0.2, 0.25) is 0 Å². The third kappa shape index (κ3) is 6.46. The van der Waals surface area contributed by atoms with Crippen LogP contribution >= 0.6 is 0 Å². The molecule has 1 aliphatic rings. The molecule has 4 N–H and O–H groups in total. The van der Waals surface area contributed by atoms with Crippen molar-refractivity contribution in [3.8, 4) is 5.75 Å². The first-order chi connectivity index (χ1) is 19.2. The minimum absolute atomic E-state index is 0.140. The number of carbonyl (C=O) groups excluding carboxylic acids is 2. The van der Waals surface area contributed by atoms with Gasteiger partial charge in [-0.1, -0.05) is 62.4 Å². The highest BCUT2D eigenvalue weighted by atomic mass is 16.6. The molecule has 0 radical (unpaired) electrons. The molecule has 2 unspecified atom stereocenters. The number of fused-ring (bicyclic) bond motifs is 1. The molecular weight excluding hydrogens is 506 g/mol. The Kier molecular flexibility index (Phi) is 9.11. The number of nitrogen functional groups attached to an aromatic ring is 1. The van der Waals surface area contributed by atoms with E-state index < -0.39 is 24.0 Å². The SMILES string of the molecule is COC(=O)C1=C(C)NC(C)=C(C(=O)OC(CNC(C)C)COc2cccc3ccccc23)C1c1cccc(N)c1. The Morgan fingerprint density at radius 1 is 0.950 bits per heavy atom. The van der Waals surface area contributed by atoms with Crippen LogP contribution in [0, 0.1) is 0 Å². The summed E-state index contributed by atoms with van der Waals surface area (Å²) in [6, 6.07) is 21.1. The van der Waals surface area contributed by atoms with E-state index in [1.54, 1.807) is 32.0 Å². The lowest BCUT2D eigenvalue weighted by Gasteiger charge is -2.31. The van der Waals surface area contributed by atoms with Crippen LogP contribution in [0.4, 0.5) is 5.69 Å². The number of anilines is 1. The fourth-order valence-corrected chi connectivity index (χ4v) is 4.94. The summed E-state index contributed by atoms with van der Waals surface area (Å²) in [7, 11) is 1.32. The van der Waals surface area contributed by atoms with E-state index in [4.69, 9.17) is 19.9 Å². The topological polar surface area (TPSA) is 112 Å². The molecule has 8 nitrogen and oxygen atoms in total. The standard InChI is InChI=1S/C32H37N3O5/c1-19(2)34-17-25(18-39-27-15-9-11-22-10-6-7-14-26(22)27)40-32(37)29-21(4)35-20(3)28(31(36)38-5)30(29)23-12-8-13-24(33)16-23/h6-16,19,25,30,34-35H,17-18,33H2,1-5H3. The van der Waals surface area contributed by atoms with Gasteiger partial charge in [-0.2, -0.15) is 0 Å². The maximum absolute atomic E-state index is 13.9. The number of allylic oxidation sites excluding steroid dienone is 2. The molecule has 0 fully saturated rings. The van der Waals surface area contributed by atoms with Crippen molar-refractivity contribution in [3.05, 3.63) is 94.8 Å². The third-order valence-electron chi connectivity index (χ3n) is 6.83. The lowest BCUT2D eigenvalue weighted by atomic mass is 9.80. The van der Waals surface area contributed by atoms with Gasteiger partial charge in [-0.15, -0.1) is 0 Å². The van der Waals surface area contributed by atoms with E-state index in [2.05, 4.69) is 10.6 Å². The van der Waals surface area contributed by atoms with Gasteiger partial charge in [0.2, 0.25) is 0 Å². The van der Waals surface area contributed by atoms with Crippen LogP contribution in [0.3, 0.4) is 0 Å². The summed E-state index contributed by atoms with van der Waals surface area (Å²) in [5.74, 6) is -1.10. The van der Waals surface area contributed by atoms with Crippen LogP contribution in [0.15, 0.2) is 89.3 Å². The second-order valence-corrected chi connectivity index (χ2v) is 10.2. The molecule has 3 aromatic carbocycles. The summed E-state index contributed by atoms with van der Waals surface area (Å²) >= 11 is 0. The van der Waals surface area contributed by atoms with Gasteiger partial charge in [-0.3, -0.25) is 0 Å². The number of nitrogens with two attached hydrogens (primary N) is 1. The molecule has 8 heteroatoms. The van der Waals surface area contributed by atoms with Crippen LogP contribution in [0.5, 0.6) is 5.75 Å². The van der Waals surface area contributed by atoms with Crippen LogP contribution < -0.4 is 21.1 Å². The van der Waals surface area contributed by atoms with Crippen molar-refractivity contribution in [1.82, 2.24) is 10.6 Å². The molecule has 0 aliphatic carbocycles. The Balaban J connectivity index is 1.64. The Labute approximate surface area is 235 Å². The second-order valence-electron chi connectivity index (χ2n) is 10.2. The third-order valence-corrected chi connectivity index (χ3v) is 6.83. The highest BCUT2D eigenvalue weighted by Crippen LogP contribution is 2.40. The predicted octanol–water partition coefficient (Wildman–Crippen LogP) is 4.82. The van der Waals surface area contributed by atoms with Gasteiger partial charge >= 0.3 is 11.9 Å². The predicted molar refractivity (Wildman–Crippen MR) is 157 cm³/mol. The smallest absolute Gasteiger partial charge is 0.337 e. The monoisotopic (exact) mass is 543 g/mol. The number of benzene rings is 3. The normalized spacial score (nSPS) is 16.1. The van der Waals surface area contributed by atoms with E-state index in [0.717, 1.165) is 10.8 Å². The van der Waals surface area contributed by atoms with Gasteiger partial charge in [0, 0.05) is 35.1 Å². The summed E-state index contributed by atoms with van der Waals surface area (Å²) in [4.78, 5) is 26.8.